The van der Waals surface area contributed by atoms with Crippen LogP contribution in [0.15, 0.2) is 21.8 Å². The first kappa shape index (κ1) is 27.7. The number of carbonyl (C=O) groups is 1. The number of aromatic amines is 1. The molecule has 1 amide bonds. The number of thioether (sulfide) groups is 1. The van der Waals surface area contributed by atoms with Gasteiger partial charge in [-0.05, 0) is 76.7 Å². The fourth-order valence-electron chi connectivity index (χ4n) is 6.69. The molecule has 0 spiro atoms. The standard InChI is InChI=1S/C31H41N3O5S/c1-17-12-26(40-5)25(30(36)33-17)14-32-29(35)23-13-24(19-6-7-19)28-27(18(23)2)38-31(3,39-28)20-8-10-21(11-9-20)34-15-22(16-34)37-4/h12-13,19-22H,6-11,14-16H2,1-5H3,(H,32,35)(H,33,36). The molecule has 6 rings (SSSR count). The highest BCUT2D eigenvalue weighted by atomic mass is 32.2. The van der Waals surface area contributed by atoms with Crippen molar-refractivity contribution in [2.45, 2.75) is 94.6 Å². The van der Waals surface area contributed by atoms with E-state index in [0.29, 0.717) is 34.9 Å². The van der Waals surface area contributed by atoms with Gasteiger partial charge in [0.05, 0.1) is 6.10 Å². The van der Waals surface area contributed by atoms with Crippen LogP contribution in [0.4, 0.5) is 0 Å². The summed E-state index contributed by atoms with van der Waals surface area (Å²) in [6.45, 7) is 8.12. The van der Waals surface area contributed by atoms with Crippen molar-refractivity contribution in [2.75, 3.05) is 26.5 Å². The van der Waals surface area contributed by atoms with Crippen LogP contribution >= 0.6 is 11.8 Å². The minimum Gasteiger partial charge on any atom is -0.448 e. The van der Waals surface area contributed by atoms with Crippen molar-refractivity contribution >= 4 is 17.7 Å². The third-order valence-corrected chi connectivity index (χ3v) is 10.2. The number of pyridine rings is 1. The molecule has 9 heteroatoms. The van der Waals surface area contributed by atoms with Crippen LogP contribution in [0.25, 0.3) is 0 Å². The second-order valence-electron chi connectivity index (χ2n) is 12.1. The van der Waals surface area contributed by atoms with Crippen LogP contribution in [0.2, 0.25) is 0 Å². The molecule has 2 N–H and O–H groups in total. The molecule has 2 aromatic rings. The Hall–Kier alpha value is -2.49. The van der Waals surface area contributed by atoms with E-state index in [0.717, 1.165) is 79.1 Å². The maximum atomic E-state index is 13.5. The van der Waals surface area contributed by atoms with Crippen LogP contribution in [-0.4, -0.2) is 60.2 Å². The van der Waals surface area contributed by atoms with Gasteiger partial charge >= 0.3 is 0 Å². The number of benzene rings is 1. The Bertz CT molecular complexity index is 1360. The van der Waals surface area contributed by atoms with Crippen molar-refractivity contribution in [1.82, 2.24) is 15.2 Å². The van der Waals surface area contributed by atoms with Gasteiger partial charge in [0.15, 0.2) is 11.5 Å². The normalized spacial score (nSPS) is 26.5. The lowest BCUT2D eigenvalue weighted by atomic mass is 9.80. The molecule has 2 aliphatic carbocycles. The molecule has 2 aliphatic heterocycles. The zero-order chi connectivity index (χ0) is 28.2. The Kier molecular flexibility index (Phi) is 7.42. The average Bonchev–Trinajstić information content (AvgIpc) is 3.68. The molecule has 1 aromatic heterocycles. The number of H-pyrrole nitrogens is 1. The Balaban J connectivity index is 1.19. The maximum absolute atomic E-state index is 13.5. The fourth-order valence-corrected chi connectivity index (χ4v) is 7.40. The molecule has 216 valence electrons. The van der Waals surface area contributed by atoms with Gasteiger partial charge in [-0.2, -0.15) is 0 Å². The summed E-state index contributed by atoms with van der Waals surface area (Å²) in [4.78, 5) is 32.4. The Labute approximate surface area is 240 Å². The van der Waals surface area contributed by atoms with E-state index < -0.39 is 5.79 Å². The summed E-state index contributed by atoms with van der Waals surface area (Å²) in [5.74, 6) is 1.29. The predicted octanol–water partition coefficient (Wildman–Crippen LogP) is 4.90. The van der Waals surface area contributed by atoms with Gasteiger partial charge in [-0.3, -0.25) is 14.5 Å². The number of ether oxygens (including phenoxy) is 3. The van der Waals surface area contributed by atoms with Gasteiger partial charge in [-0.1, -0.05) is 0 Å². The average molecular weight is 568 g/mol. The van der Waals surface area contributed by atoms with E-state index in [1.165, 1.54) is 11.8 Å². The lowest BCUT2D eigenvalue weighted by Crippen LogP contribution is -2.57. The number of nitrogens with one attached hydrogen (secondary N) is 2. The molecule has 3 heterocycles. The predicted molar refractivity (Wildman–Crippen MR) is 156 cm³/mol. The first-order valence-corrected chi connectivity index (χ1v) is 15.8. The number of carbonyl (C=O) groups excluding carboxylic acids is 1. The number of amides is 1. The largest absolute Gasteiger partial charge is 0.448 e. The van der Waals surface area contributed by atoms with Gasteiger partial charge < -0.3 is 24.5 Å². The van der Waals surface area contributed by atoms with Crippen molar-refractivity contribution in [1.29, 1.82) is 0 Å². The summed E-state index contributed by atoms with van der Waals surface area (Å²) in [6.07, 6.45) is 8.89. The molecule has 1 unspecified atom stereocenters. The molecule has 4 aliphatic rings. The van der Waals surface area contributed by atoms with Gasteiger partial charge in [-0.25, -0.2) is 0 Å². The summed E-state index contributed by atoms with van der Waals surface area (Å²) in [7, 11) is 1.80. The lowest BCUT2D eigenvalue weighted by molar-refractivity contribution is -0.130. The molecule has 0 bridgehead atoms. The smallest absolute Gasteiger partial charge is 0.254 e. The highest BCUT2D eigenvalue weighted by Gasteiger charge is 2.49. The van der Waals surface area contributed by atoms with E-state index >= 15 is 0 Å². The molecule has 3 fully saturated rings. The topological polar surface area (TPSA) is 92.9 Å². The highest BCUT2D eigenvalue weighted by molar-refractivity contribution is 7.98. The minimum absolute atomic E-state index is 0.163. The van der Waals surface area contributed by atoms with E-state index in [4.69, 9.17) is 14.2 Å². The first-order valence-electron chi connectivity index (χ1n) is 14.6. The van der Waals surface area contributed by atoms with Gasteiger partial charge in [0.1, 0.15) is 0 Å². The zero-order valence-corrected chi connectivity index (χ0v) is 25.0. The van der Waals surface area contributed by atoms with E-state index in [1.807, 2.05) is 32.2 Å². The van der Waals surface area contributed by atoms with E-state index in [1.54, 1.807) is 7.11 Å². The van der Waals surface area contributed by atoms with Crippen molar-refractivity contribution in [3.63, 3.8) is 0 Å². The van der Waals surface area contributed by atoms with Crippen LogP contribution < -0.4 is 20.3 Å². The minimum atomic E-state index is -0.733. The van der Waals surface area contributed by atoms with Crippen LogP contribution in [0, 0.1) is 19.8 Å². The molecule has 1 saturated heterocycles. The summed E-state index contributed by atoms with van der Waals surface area (Å²) in [5.41, 5.74) is 3.69. The quantitative estimate of drug-likeness (QED) is 0.439. The zero-order valence-electron chi connectivity index (χ0n) is 24.2. The molecule has 1 atom stereocenters. The van der Waals surface area contributed by atoms with E-state index in [2.05, 4.69) is 22.1 Å². The van der Waals surface area contributed by atoms with Crippen LogP contribution in [0.1, 0.15) is 84.1 Å². The van der Waals surface area contributed by atoms with E-state index in [9.17, 15) is 9.59 Å². The lowest BCUT2D eigenvalue weighted by Gasteiger charge is -2.47. The number of aromatic nitrogens is 1. The number of likely N-dealkylation sites (tertiary alicyclic amines) is 1. The molecule has 40 heavy (non-hydrogen) atoms. The number of hydrogen-bond donors (Lipinski definition) is 2. The van der Waals surface area contributed by atoms with Crippen molar-refractivity contribution in [3.8, 4) is 11.5 Å². The van der Waals surface area contributed by atoms with Crippen LogP contribution in [-0.2, 0) is 11.3 Å². The molecule has 0 radical (unpaired) electrons. The van der Waals surface area contributed by atoms with Gasteiger partial charge in [0, 0.05) is 78.5 Å². The maximum Gasteiger partial charge on any atom is 0.254 e. The van der Waals surface area contributed by atoms with Crippen LogP contribution in [0.3, 0.4) is 0 Å². The van der Waals surface area contributed by atoms with Gasteiger partial charge in [0.25, 0.3) is 17.3 Å². The summed E-state index contributed by atoms with van der Waals surface area (Å²) >= 11 is 1.51. The third-order valence-electron chi connectivity index (χ3n) is 9.42. The number of fused-ring (bicyclic) bond motifs is 1. The molecule has 2 saturated carbocycles. The number of hydrogen-bond acceptors (Lipinski definition) is 7. The Morgan fingerprint density at radius 1 is 1.12 bits per heavy atom. The third kappa shape index (κ3) is 5.05. The molecular weight excluding hydrogens is 526 g/mol. The summed E-state index contributed by atoms with van der Waals surface area (Å²) < 4.78 is 18.9. The molecule has 1 aromatic carbocycles. The molecule has 8 nitrogen and oxygen atoms in total. The summed E-state index contributed by atoms with van der Waals surface area (Å²) in [6, 6.07) is 4.55. The first-order chi connectivity index (χ1) is 19.2. The number of rotatable bonds is 8. The van der Waals surface area contributed by atoms with Crippen molar-refractivity contribution < 1.29 is 19.0 Å². The highest BCUT2D eigenvalue weighted by Crippen LogP contribution is 2.55. The van der Waals surface area contributed by atoms with Crippen LogP contribution in [0.5, 0.6) is 11.5 Å². The van der Waals surface area contributed by atoms with Crippen molar-refractivity contribution in [2.24, 2.45) is 5.92 Å². The molecular formula is C31H41N3O5S. The SMILES string of the molecule is COC1CN(C2CCC(C3(C)Oc4c(C5CC5)cc(C(=O)NCc5c(SC)cc(C)[nH]c5=O)c(C)c4O3)CC2)C1. The number of aryl methyl sites for hydroxylation is 1. The summed E-state index contributed by atoms with van der Waals surface area (Å²) in [5, 5.41) is 3.00. The Morgan fingerprint density at radius 2 is 1.82 bits per heavy atom. The van der Waals surface area contributed by atoms with E-state index in [-0.39, 0.29) is 23.9 Å². The fraction of sp³-hybridized carbons (Fsp3) is 0.613. The van der Waals surface area contributed by atoms with Gasteiger partial charge in [0.2, 0.25) is 0 Å². The Morgan fingerprint density at radius 3 is 2.48 bits per heavy atom. The second kappa shape index (κ2) is 10.7. The van der Waals surface area contributed by atoms with Gasteiger partial charge in [-0.15, -0.1) is 11.8 Å². The number of methoxy groups -OCH3 is 1. The monoisotopic (exact) mass is 567 g/mol. The van der Waals surface area contributed by atoms with Crippen molar-refractivity contribution in [3.05, 3.63) is 50.4 Å². The second-order valence-corrected chi connectivity index (χ2v) is 13.0. The number of nitrogens with zero attached hydrogens (tertiary/aromatic N) is 1.